The number of hydrogen-bond acceptors (Lipinski definition) is 5. The minimum Gasteiger partial charge on any atom is -0.493 e. The summed E-state index contributed by atoms with van der Waals surface area (Å²) in [5.74, 6) is 0.650. The van der Waals surface area contributed by atoms with Crippen molar-refractivity contribution in [3.05, 3.63) is 72.0 Å². The highest BCUT2D eigenvalue weighted by Crippen LogP contribution is 2.24. The lowest BCUT2D eigenvalue weighted by Crippen LogP contribution is -2.07. The van der Waals surface area contributed by atoms with Crippen LogP contribution in [0.15, 0.2) is 59.1 Å². The highest BCUT2D eigenvalue weighted by atomic mass is 19.1. The van der Waals surface area contributed by atoms with Gasteiger partial charge in [0.2, 0.25) is 0 Å². The summed E-state index contributed by atoms with van der Waals surface area (Å²) in [5.41, 5.74) is 1.15. The first-order valence-corrected chi connectivity index (χ1v) is 8.73. The van der Waals surface area contributed by atoms with Crippen LogP contribution in [0.3, 0.4) is 0 Å². The summed E-state index contributed by atoms with van der Waals surface area (Å²) in [6, 6.07) is 13.7. The number of carbonyl (C=O) groups excluding carboxylic acids is 1. The van der Waals surface area contributed by atoms with Gasteiger partial charge in [-0.15, -0.1) is 0 Å². The van der Waals surface area contributed by atoms with Gasteiger partial charge in [0.15, 0.2) is 11.7 Å². The van der Waals surface area contributed by atoms with Crippen molar-refractivity contribution in [2.75, 3.05) is 6.61 Å². The third-order valence-electron chi connectivity index (χ3n) is 3.90. The molecular weight excluding hydrogens is 349 g/mol. The molecule has 0 atom stereocenters. The van der Waals surface area contributed by atoms with E-state index in [2.05, 4.69) is 4.98 Å². The molecule has 0 bridgehead atoms. The first kappa shape index (κ1) is 18.6. The van der Waals surface area contributed by atoms with Crippen molar-refractivity contribution in [1.82, 2.24) is 4.98 Å². The number of hydrogen-bond donors (Lipinski definition) is 0. The largest absolute Gasteiger partial charge is 0.493 e. The topological polar surface area (TPSA) is 61.6 Å². The van der Waals surface area contributed by atoms with Gasteiger partial charge in [0.1, 0.15) is 18.2 Å². The monoisotopic (exact) mass is 369 g/mol. The predicted molar refractivity (Wildman–Crippen MR) is 97.6 cm³/mol. The minimum absolute atomic E-state index is 0.119. The second-order valence-corrected chi connectivity index (χ2v) is 5.80. The van der Waals surface area contributed by atoms with E-state index in [1.807, 2.05) is 31.2 Å². The van der Waals surface area contributed by atoms with Crippen molar-refractivity contribution in [3.63, 3.8) is 0 Å². The van der Waals surface area contributed by atoms with E-state index >= 15 is 0 Å². The molecule has 0 amide bonds. The third-order valence-corrected chi connectivity index (χ3v) is 3.90. The molecule has 140 valence electrons. The molecule has 3 rings (SSSR count). The zero-order valence-electron chi connectivity index (χ0n) is 15.0. The van der Waals surface area contributed by atoms with E-state index in [0.717, 1.165) is 5.56 Å². The van der Waals surface area contributed by atoms with Crippen molar-refractivity contribution < 1.29 is 23.1 Å². The minimum atomic E-state index is -0.382. The van der Waals surface area contributed by atoms with Gasteiger partial charge in [-0.1, -0.05) is 30.3 Å². The molecule has 27 heavy (non-hydrogen) atoms. The maximum Gasteiger partial charge on any atom is 0.306 e. The molecule has 0 saturated carbocycles. The van der Waals surface area contributed by atoms with E-state index in [1.165, 1.54) is 12.3 Å². The summed E-state index contributed by atoms with van der Waals surface area (Å²) >= 11 is 0. The van der Waals surface area contributed by atoms with Crippen LogP contribution in [0.5, 0.6) is 5.75 Å². The van der Waals surface area contributed by atoms with E-state index in [-0.39, 0.29) is 31.2 Å². The molecule has 0 saturated heterocycles. The molecule has 6 heteroatoms. The van der Waals surface area contributed by atoms with Crippen molar-refractivity contribution in [2.45, 2.75) is 26.4 Å². The van der Waals surface area contributed by atoms with Gasteiger partial charge in [0.05, 0.1) is 24.8 Å². The van der Waals surface area contributed by atoms with Crippen LogP contribution in [0.1, 0.15) is 24.8 Å². The SMILES string of the molecule is CCOc1ccccc1COC(=O)CCc1ncc(-c2ccccc2F)o1. The van der Waals surface area contributed by atoms with Crippen LogP contribution in [0.4, 0.5) is 4.39 Å². The van der Waals surface area contributed by atoms with Gasteiger partial charge in [0.25, 0.3) is 0 Å². The number of rotatable bonds is 8. The summed E-state index contributed by atoms with van der Waals surface area (Å²) in [6.45, 7) is 2.58. The normalized spacial score (nSPS) is 10.6. The number of halogens is 1. The van der Waals surface area contributed by atoms with E-state index in [9.17, 15) is 9.18 Å². The Kier molecular flexibility index (Phi) is 6.20. The Bertz CT molecular complexity index is 906. The van der Waals surface area contributed by atoms with Gasteiger partial charge in [-0.05, 0) is 25.1 Å². The Morgan fingerprint density at radius 1 is 1.15 bits per heavy atom. The van der Waals surface area contributed by atoms with Crippen LogP contribution in [0.2, 0.25) is 0 Å². The Balaban J connectivity index is 1.52. The van der Waals surface area contributed by atoms with Crippen LogP contribution in [0.25, 0.3) is 11.3 Å². The number of benzene rings is 2. The van der Waals surface area contributed by atoms with Crippen molar-refractivity contribution in [1.29, 1.82) is 0 Å². The predicted octanol–water partition coefficient (Wildman–Crippen LogP) is 4.56. The fourth-order valence-electron chi connectivity index (χ4n) is 2.57. The molecular formula is C21H20FNO4. The number of esters is 1. The molecule has 0 radical (unpaired) electrons. The van der Waals surface area contributed by atoms with Crippen molar-refractivity contribution >= 4 is 5.97 Å². The lowest BCUT2D eigenvalue weighted by atomic mass is 10.2. The molecule has 5 nitrogen and oxygen atoms in total. The highest BCUT2D eigenvalue weighted by molar-refractivity contribution is 5.69. The Morgan fingerprint density at radius 2 is 1.93 bits per heavy atom. The Labute approximate surface area is 156 Å². The Hall–Kier alpha value is -3.15. The van der Waals surface area contributed by atoms with Gasteiger partial charge in [-0.2, -0.15) is 0 Å². The van der Waals surface area contributed by atoms with Crippen LogP contribution >= 0.6 is 0 Å². The second kappa shape index (κ2) is 8.98. The molecule has 0 spiro atoms. The standard InChI is InChI=1S/C21H20FNO4/c1-2-25-18-10-6-3-7-15(18)14-26-21(24)12-11-20-23-13-19(27-20)16-8-4-5-9-17(16)22/h3-10,13H,2,11-12,14H2,1H3. The number of nitrogens with zero attached hydrogens (tertiary/aromatic N) is 1. The van der Waals surface area contributed by atoms with E-state index in [4.69, 9.17) is 13.9 Å². The van der Waals surface area contributed by atoms with Crippen LogP contribution in [-0.4, -0.2) is 17.6 Å². The molecule has 1 heterocycles. The molecule has 0 aliphatic rings. The average molecular weight is 369 g/mol. The van der Waals surface area contributed by atoms with Crippen molar-refractivity contribution in [2.24, 2.45) is 0 Å². The van der Waals surface area contributed by atoms with Crippen LogP contribution in [-0.2, 0) is 22.6 Å². The molecule has 0 aliphatic heterocycles. The number of ether oxygens (including phenoxy) is 2. The van der Waals surface area contributed by atoms with E-state index in [0.29, 0.717) is 29.6 Å². The van der Waals surface area contributed by atoms with E-state index in [1.54, 1.807) is 18.2 Å². The number of oxazole rings is 1. The summed E-state index contributed by atoms with van der Waals surface area (Å²) in [7, 11) is 0. The van der Waals surface area contributed by atoms with Crippen LogP contribution in [0, 0.1) is 5.82 Å². The van der Waals surface area contributed by atoms with Gasteiger partial charge < -0.3 is 13.9 Å². The first-order chi connectivity index (χ1) is 13.2. The zero-order valence-corrected chi connectivity index (χ0v) is 15.0. The highest BCUT2D eigenvalue weighted by Gasteiger charge is 2.13. The quantitative estimate of drug-likeness (QED) is 0.545. The molecule has 0 fully saturated rings. The summed E-state index contributed by atoms with van der Waals surface area (Å²) in [4.78, 5) is 16.1. The smallest absolute Gasteiger partial charge is 0.306 e. The molecule has 0 aliphatic carbocycles. The average Bonchev–Trinajstić information content (AvgIpc) is 3.15. The van der Waals surface area contributed by atoms with Gasteiger partial charge in [-0.3, -0.25) is 4.79 Å². The lowest BCUT2D eigenvalue weighted by molar-refractivity contribution is -0.145. The number of aryl methyl sites for hydroxylation is 1. The summed E-state index contributed by atoms with van der Waals surface area (Å²) in [6.07, 6.45) is 1.85. The van der Waals surface area contributed by atoms with Gasteiger partial charge in [-0.25, -0.2) is 9.37 Å². The maximum absolute atomic E-state index is 13.8. The maximum atomic E-state index is 13.8. The summed E-state index contributed by atoms with van der Waals surface area (Å²) < 4.78 is 30.1. The lowest BCUT2D eigenvalue weighted by Gasteiger charge is -2.10. The zero-order chi connectivity index (χ0) is 19.1. The second-order valence-electron chi connectivity index (χ2n) is 5.80. The third kappa shape index (κ3) is 4.94. The number of aromatic nitrogens is 1. The van der Waals surface area contributed by atoms with Crippen molar-refractivity contribution in [3.8, 4) is 17.1 Å². The molecule has 3 aromatic rings. The fourth-order valence-corrected chi connectivity index (χ4v) is 2.57. The van der Waals surface area contributed by atoms with E-state index < -0.39 is 0 Å². The number of para-hydroxylation sites is 1. The van der Waals surface area contributed by atoms with Gasteiger partial charge >= 0.3 is 5.97 Å². The number of carbonyl (C=O) groups is 1. The molecule has 2 aromatic carbocycles. The fraction of sp³-hybridized carbons (Fsp3) is 0.238. The first-order valence-electron chi connectivity index (χ1n) is 8.73. The molecule has 0 unspecified atom stereocenters. The summed E-state index contributed by atoms with van der Waals surface area (Å²) in [5, 5.41) is 0. The molecule has 1 aromatic heterocycles. The van der Waals surface area contributed by atoms with Crippen LogP contribution < -0.4 is 4.74 Å². The molecule has 0 N–H and O–H groups in total. The van der Waals surface area contributed by atoms with Gasteiger partial charge in [0, 0.05) is 12.0 Å². The Morgan fingerprint density at radius 3 is 2.74 bits per heavy atom.